The van der Waals surface area contributed by atoms with Crippen LogP contribution in [0.2, 0.25) is 10.0 Å². The van der Waals surface area contributed by atoms with Crippen molar-refractivity contribution in [1.82, 2.24) is 5.43 Å². The number of nitrogens with one attached hydrogen (secondary N) is 1. The number of hydrogen-bond donors (Lipinski definition) is 2. The fraction of sp³-hybridized carbons (Fsp3) is 0.143. The molecule has 2 aromatic carbocycles. The molecule has 1 atom stereocenters. The van der Waals surface area contributed by atoms with Gasteiger partial charge in [-0.15, -0.1) is 0 Å². The first-order valence-electron chi connectivity index (χ1n) is 5.75. The Labute approximate surface area is 121 Å². The first kappa shape index (κ1) is 14.3. The topological polar surface area (TPSA) is 38.0 Å². The predicted octanol–water partition coefficient (Wildman–Crippen LogP) is 3.88. The summed E-state index contributed by atoms with van der Waals surface area (Å²) in [5, 5.41) is 1.25. The van der Waals surface area contributed by atoms with Crippen LogP contribution in [0.3, 0.4) is 0 Å². The van der Waals surface area contributed by atoms with Crippen LogP contribution in [0.25, 0.3) is 0 Å². The number of rotatable bonds is 4. The zero-order valence-electron chi connectivity index (χ0n) is 10.0. The second kappa shape index (κ2) is 6.35. The Kier molecular flexibility index (Phi) is 4.77. The molecule has 2 nitrogen and oxygen atoms in total. The smallest absolute Gasteiger partial charge is 0.123 e. The Bertz CT molecular complexity index is 558. The van der Waals surface area contributed by atoms with Crippen LogP contribution in [0.4, 0.5) is 4.39 Å². The predicted molar refractivity (Wildman–Crippen MR) is 76.6 cm³/mol. The highest BCUT2D eigenvalue weighted by molar-refractivity contribution is 6.33. The summed E-state index contributed by atoms with van der Waals surface area (Å²) in [6, 6.07) is 11.3. The molecule has 0 aliphatic carbocycles. The molecule has 0 spiro atoms. The van der Waals surface area contributed by atoms with E-state index in [4.69, 9.17) is 29.0 Å². The highest BCUT2D eigenvalue weighted by Crippen LogP contribution is 2.26. The monoisotopic (exact) mass is 298 g/mol. The third-order valence-corrected chi connectivity index (χ3v) is 3.51. The van der Waals surface area contributed by atoms with Gasteiger partial charge in [0.15, 0.2) is 0 Å². The zero-order valence-corrected chi connectivity index (χ0v) is 11.5. The molecule has 100 valence electrons. The molecule has 19 heavy (non-hydrogen) atoms. The molecular formula is C14H13Cl2FN2. The molecule has 0 heterocycles. The lowest BCUT2D eigenvalue weighted by atomic mass is 9.99. The maximum atomic E-state index is 12.9. The summed E-state index contributed by atoms with van der Waals surface area (Å²) < 4.78 is 12.9. The van der Waals surface area contributed by atoms with Crippen LogP contribution in [0.5, 0.6) is 0 Å². The lowest BCUT2D eigenvalue weighted by Crippen LogP contribution is -2.29. The van der Waals surface area contributed by atoms with E-state index in [1.165, 1.54) is 12.1 Å². The molecule has 2 rings (SSSR count). The van der Waals surface area contributed by atoms with Crippen molar-refractivity contribution < 1.29 is 4.39 Å². The van der Waals surface area contributed by atoms with E-state index in [2.05, 4.69) is 5.43 Å². The van der Waals surface area contributed by atoms with Crippen molar-refractivity contribution in [2.24, 2.45) is 5.84 Å². The van der Waals surface area contributed by atoms with Crippen molar-refractivity contribution >= 4 is 23.2 Å². The Balaban J connectivity index is 2.23. The molecule has 1 unspecified atom stereocenters. The zero-order chi connectivity index (χ0) is 13.8. The quantitative estimate of drug-likeness (QED) is 0.664. The van der Waals surface area contributed by atoms with Crippen LogP contribution in [0.15, 0.2) is 42.5 Å². The number of nitrogens with two attached hydrogens (primary N) is 1. The average Bonchev–Trinajstić information content (AvgIpc) is 2.41. The minimum atomic E-state index is -0.277. The van der Waals surface area contributed by atoms with Gasteiger partial charge in [-0.2, -0.15) is 0 Å². The maximum Gasteiger partial charge on any atom is 0.123 e. The Morgan fingerprint density at radius 2 is 1.79 bits per heavy atom. The molecule has 0 amide bonds. The molecule has 0 aromatic heterocycles. The molecule has 0 radical (unpaired) electrons. The van der Waals surface area contributed by atoms with Gasteiger partial charge in [0.25, 0.3) is 0 Å². The van der Waals surface area contributed by atoms with Crippen molar-refractivity contribution in [3.8, 4) is 0 Å². The first-order chi connectivity index (χ1) is 9.10. The van der Waals surface area contributed by atoms with Gasteiger partial charge in [-0.25, -0.2) is 4.39 Å². The van der Waals surface area contributed by atoms with E-state index in [1.807, 2.05) is 0 Å². The molecule has 3 N–H and O–H groups in total. The third-order valence-electron chi connectivity index (χ3n) is 2.91. The standard InChI is InChI=1S/C14H13Cl2FN2/c15-11-3-6-13(16)10(7-11)8-14(19-18)9-1-4-12(17)5-2-9/h1-7,14,19H,8,18H2. The molecule has 0 aliphatic heterocycles. The minimum Gasteiger partial charge on any atom is -0.271 e. The largest absolute Gasteiger partial charge is 0.271 e. The van der Waals surface area contributed by atoms with E-state index in [9.17, 15) is 4.39 Å². The highest BCUT2D eigenvalue weighted by Gasteiger charge is 2.13. The Morgan fingerprint density at radius 1 is 1.11 bits per heavy atom. The van der Waals surface area contributed by atoms with Gasteiger partial charge in [0.2, 0.25) is 0 Å². The van der Waals surface area contributed by atoms with Crippen LogP contribution in [-0.2, 0) is 6.42 Å². The molecule has 0 bridgehead atoms. The number of benzene rings is 2. The van der Waals surface area contributed by atoms with Crippen LogP contribution < -0.4 is 11.3 Å². The highest BCUT2D eigenvalue weighted by atomic mass is 35.5. The molecule has 5 heteroatoms. The minimum absolute atomic E-state index is 0.156. The van der Waals surface area contributed by atoms with E-state index in [0.29, 0.717) is 16.5 Å². The summed E-state index contributed by atoms with van der Waals surface area (Å²) in [4.78, 5) is 0. The van der Waals surface area contributed by atoms with Gasteiger partial charge in [-0.3, -0.25) is 11.3 Å². The van der Waals surface area contributed by atoms with Crippen molar-refractivity contribution in [2.75, 3.05) is 0 Å². The van der Waals surface area contributed by atoms with E-state index < -0.39 is 0 Å². The SMILES string of the molecule is NNC(Cc1cc(Cl)ccc1Cl)c1ccc(F)cc1. The summed E-state index contributed by atoms with van der Waals surface area (Å²) in [6.45, 7) is 0. The summed E-state index contributed by atoms with van der Waals surface area (Å²) in [5.41, 5.74) is 4.49. The van der Waals surface area contributed by atoms with E-state index >= 15 is 0 Å². The number of hydrazine groups is 1. The van der Waals surface area contributed by atoms with Crippen molar-refractivity contribution in [3.05, 3.63) is 69.5 Å². The second-order valence-corrected chi connectivity index (χ2v) is 5.05. The first-order valence-corrected chi connectivity index (χ1v) is 6.51. The molecule has 2 aromatic rings. The van der Waals surface area contributed by atoms with Crippen molar-refractivity contribution in [2.45, 2.75) is 12.5 Å². The second-order valence-electron chi connectivity index (χ2n) is 4.21. The lowest BCUT2D eigenvalue weighted by molar-refractivity contribution is 0.549. The summed E-state index contributed by atoms with van der Waals surface area (Å²) in [5.74, 6) is 5.28. The van der Waals surface area contributed by atoms with Gasteiger partial charge in [0, 0.05) is 10.0 Å². The number of halogens is 3. The summed E-state index contributed by atoms with van der Waals surface area (Å²) in [6.07, 6.45) is 0.571. The van der Waals surface area contributed by atoms with E-state index in [1.54, 1.807) is 30.3 Å². The van der Waals surface area contributed by atoms with Crippen LogP contribution in [0, 0.1) is 5.82 Å². The van der Waals surface area contributed by atoms with Crippen LogP contribution in [0.1, 0.15) is 17.2 Å². The van der Waals surface area contributed by atoms with Crippen LogP contribution >= 0.6 is 23.2 Å². The molecular weight excluding hydrogens is 286 g/mol. The summed E-state index contributed by atoms with van der Waals surface area (Å²) in [7, 11) is 0. The van der Waals surface area contributed by atoms with E-state index in [0.717, 1.165) is 11.1 Å². The van der Waals surface area contributed by atoms with Gasteiger partial charge in [-0.05, 0) is 47.9 Å². The van der Waals surface area contributed by atoms with Gasteiger partial charge >= 0.3 is 0 Å². The van der Waals surface area contributed by atoms with Gasteiger partial charge in [-0.1, -0.05) is 35.3 Å². The molecule has 0 fully saturated rings. The van der Waals surface area contributed by atoms with Gasteiger partial charge < -0.3 is 0 Å². The van der Waals surface area contributed by atoms with Gasteiger partial charge in [0.1, 0.15) is 5.82 Å². The Morgan fingerprint density at radius 3 is 2.42 bits per heavy atom. The molecule has 0 aliphatic rings. The normalized spacial score (nSPS) is 12.4. The molecule has 0 saturated heterocycles. The van der Waals surface area contributed by atoms with Crippen molar-refractivity contribution in [1.29, 1.82) is 0 Å². The lowest BCUT2D eigenvalue weighted by Gasteiger charge is -2.17. The van der Waals surface area contributed by atoms with E-state index in [-0.39, 0.29) is 11.9 Å². The number of hydrogen-bond acceptors (Lipinski definition) is 2. The Hall–Kier alpha value is -1.13. The fourth-order valence-electron chi connectivity index (χ4n) is 1.89. The third kappa shape index (κ3) is 3.67. The maximum absolute atomic E-state index is 12.9. The molecule has 0 saturated carbocycles. The fourth-order valence-corrected chi connectivity index (χ4v) is 2.28. The average molecular weight is 299 g/mol. The van der Waals surface area contributed by atoms with Gasteiger partial charge in [0.05, 0.1) is 6.04 Å². The van der Waals surface area contributed by atoms with Crippen molar-refractivity contribution in [3.63, 3.8) is 0 Å². The van der Waals surface area contributed by atoms with Crippen LogP contribution in [-0.4, -0.2) is 0 Å². The summed E-state index contributed by atoms with van der Waals surface area (Å²) >= 11 is 12.1.